The molecule has 5 rings (SSSR count). The Bertz CT molecular complexity index is 1420. The molecule has 184 valence electrons. The first-order valence-corrected chi connectivity index (χ1v) is 13.2. The third-order valence-electron chi connectivity index (χ3n) is 6.63. The fraction of sp³-hybridized carbons (Fsp3) is 0.214. The molecule has 3 aromatic carbocycles. The number of aromatic hydroxyl groups is 1. The number of thioether (sulfide) groups is 1. The largest absolute Gasteiger partial charge is 0.507 e. The maximum atomic E-state index is 13.6. The number of phenolic OH excluding ortho intramolecular Hbond substituents is 1. The Labute approximate surface area is 219 Å². The molecule has 0 aliphatic carbocycles. The molecule has 1 aliphatic heterocycles. The number of halogens is 1. The van der Waals surface area contributed by atoms with Gasteiger partial charge in [0.05, 0.1) is 13.2 Å². The zero-order valence-electron chi connectivity index (χ0n) is 20.2. The zero-order chi connectivity index (χ0) is 25.4. The van der Waals surface area contributed by atoms with Crippen LogP contribution in [0.15, 0.2) is 65.6 Å². The first-order valence-electron chi connectivity index (χ1n) is 11.6. The molecule has 0 saturated carbocycles. The molecular formula is C28H26ClN3O3S. The van der Waals surface area contributed by atoms with Crippen molar-refractivity contribution in [3.05, 3.63) is 93.6 Å². The first-order chi connectivity index (χ1) is 17.4. The normalized spacial score (nSPS) is 14.8. The summed E-state index contributed by atoms with van der Waals surface area (Å²) in [4.78, 5) is 16.6. The molecular weight excluding hydrogens is 494 g/mol. The van der Waals surface area contributed by atoms with Crippen LogP contribution in [0.3, 0.4) is 0 Å². The van der Waals surface area contributed by atoms with E-state index in [0.717, 1.165) is 32.9 Å². The number of benzene rings is 3. The van der Waals surface area contributed by atoms with Crippen molar-refractivity contribution in [1.29, 1.82) is 0 Å². The van der Waals surface area contributed by atoms with Crippen molar-refractivity contribution >= 4 is 29.3 Å². The van der Waals surface area contributed by atoms with Crippen LogP contribution in [0.25, 0.3) is 11.3 Å². The van der Waals surface area contributed by atoms with Gasteiger partial charge in [-0.25, -0.2) is 0 Å². The maximum Gasteiger partial charge on any atom is 0.273 e. The number of carbonyl (C=O) groups excluding carboxylic acids is 1. The number of hydrogen-bond acceptors (Lipinski definition) is 5. The number of nitrogens with one attached hydrogen (secondary N) is 1. The van der Waals surface area contributed by atoms with Gasteiger partial charge in [-0.3, -0.25) is 9.89 Å². The van der Waals surface area contributed by atoms with E-state index in [1.54, 1.807) is 31.0 Å². The van der Waals surface area contributed by atoms with Crippen LogP contribution in [0, 0.1) is 6.92 Å². The number of ether oxygens (including phenoxy) is 1. The van der Waals surface area contributed by atoms with Crippen LogP contribution in [0.5, 0.6) is 11.5 Å². The van der Waals surface area contributed by atoms with Crippen molar-refractivity contribution in [3.8, 4) is 22.8 Å². The second-order valence-corrected chi connectivity index (χ2v) is 10.0. The van der Waals surface area contributed by atoms with Gasteiger partial charge >= 0.3 is 0 Å². The summed E-state index contributed by atoms with van der Waals surface area (Å²) in [5.41, 5.74) is 5.08. The minimum Gasteiger partial charge on any atom is -0.507 e. The number of carbonyl (C=O) groups is 1. The molecule has 8 heteroatoms. The lowest BCUT2D eigenvalue weighted by atomic mass is 9.95. The van der Waals surface area contributed by atoms with Crippen LogP contribution < -0.4 is 4.74 Å². The predicted molar refractivity (Wildman–Crippen MR) is 143 cm³/mol. The standard InChI is InChI=1S/C28H26ClN3O3S/c1-16-14-23(33)21(15-22(16)29)25-24-26(31-30-25)28(34)32(13-12-17-4-8-19(35-2)9-5-17)27(24)18-6-10-20(36-3)11-7-18/h4-11,14-15,27,33H,12-13H2,1-3H3,(H,30,31)/t27-/m1/s1. The SMILES string of the molecule is COc1ccc(CCN2C(=O)c3[nH]nc(-c4cc(Cl)c(C)cc4O)c3[C@H]2c2ccc(SC)cc2)cc1. The lowest BCUT2D eigenvalue weighted by molar-refractivity contribution is 0.0746. The summed E-state index contributed by atoms with van der Waals surface area (Å²) in [7, 11) is 1.64. The van der Waals surface area contributed by atoms with Gasteiger partial charge in [0.25, 0.3) is 5.91 Å². The third-order valence-corrected chi connectivity index (χ3v) is 7.78. The second kappa shape index (κ2) is 9.91. The molecule has 0 unspecified atom stereocenters. The van der Waals surface area contributed by atoms with E-state index in [9.17, 15) is 9.90 Å². The Morgan fingerprint density at radius 1 is 1.14 bits per heavy atom. The Kier molecular flexibility index (Phi) is 6.69. The van der Waals surface area contributed by atoms with Gasteiger partial charge in [-0.05, 0) is 72.7 Å². The van der Waals surface area contributed by atoms with E-state index in [1.807, 2.05) is 42.3 Å². The van der Waals surface area contributed by atoms with Crippen LogP contribution in [0.2, 0.25) is 5.02 Å². The first kappa shape index (κ1) is 24.3. The maximum absolute atomic E-state index is 13.6. The molecule has 2 heterocycles. The highest BCUT2D eigenvalue weighted by Crippen LogP contribution is 2.45. The number of aromatic amines is 1. The zero-order valence-corrected chi connectivity index (χ0v) is 21.8. The van der Waals surface area contributed by atoms with Crippen LogP contribution >= 0.6 is 23.4 Å². The fourth-order valence-corrected chi connectivity index (χ4v) is 5.23. The molecule has 0 spiro atoms. The predicted octanol–water partition coefficient (Wildman–Crippen LogP) is 6.26. The van der Waals surface area contributed by atoms with Crippen LogP contribution in [0.1, 0.15) is 38.8 Å². The summed E-state index contributed by atoms with van der Waals surface area (Å²) in [6, 6.07) is 19.1. The lowest BCUT2D eigenvalue weighted by Crippen LogP contribution is -2.31. The molecule has 4 aromatic rings. The number of amides is 1. The lowest BCUT2D eigenvalue weighted by Gasteiger charge is -2.27. The molecule has 0 radical (unpaired) electrons. The summed E-state index contributed by atoms with van der Waals surface area (Å²) in [6.45, 7) is 2.35. The van der Waals surface area contributed by atoms with Gasteiger partial charge in [0.15, 0.2) is 0 Å². The summed E-state index contributed by atoms with van der Waals surface area (Å²) >= 11 is 8.07. The molecule has 1 atom stereocenters. The van der Waals surface area contributed by atoms with Crippen molar-refractivity contribution in [2.24, 2.45) is 0 Å². The van der Waals surface area contributed by atoms with Crippen LogP contribution in [0.4, 0.5) is 0 Å². The molecule has 0 bridgehead atoms. The van der Waals surface area contributed by atoms with Gasteiger partial charge in [-0.2, -0.15) is 5.10 Å². The number of methoxy groups -OCH3 is 1. The molecule has 1 amide bonds. The van der Waals surface area contributed by atoms with Crippen molar-refractivity contribution in [2.75, 3.05) is 19.9 Å². The average Bonchev–Trinajstić information content (AvgIpc) is 3.44. The van der Waals surface area contributed by atoms with Gasteiger partial charge in [0.2, 0.25) is 0 Å². The summed E-state index contributed by atoms with van der Waals surface area (Å²) in [6.07, 6.45) is 2.72. The summed E-state index contributed by atoms with van der Waals surface area (Å²) < 4.78 is 5.26. The Balaban J connectivity index is 1.57. The number of fused-ring (bicyclic) bond motifs is 1. The van der Waals surface area contributed by atoms with E-state index in [2.05, 4.69) is 34.5 Å². The van der Waals surface area contributed by atoms with E-state index >= 15 is 0 Å². The van der Waals surface area contributed by atoms with Gasteiger partial charge in [-0.1, -0.05) is 35.9 Å². The van der Waals surface area contributed by atoms with Crippen molar-refractivity contribution < 1.29 is 14.6 Å². The Morgan fingerprint density at radius 2 is 1.86 bits per heavy atom. The van der Waals surface area contributed by atoms with Crippen LogP contribution in [-0.2, 0) is 6.42 Å². The molecule has 1 aliphatic rings. The summed E-state index contributed by atoms with van der Waals surface area (Å²) in [5, 5.41) is 18.7. The fourth-order valence-electron chi connectivity index (χ4n) is 4.66. The third kappa shape index (κ3) is 4.33. The van der Waals surface area contributed by atoms with E-state index in [0.29, 0.717) is 34.9 Å². The number of phenols is 1. The molecule has 6 nitrogen and oxygen atoms in total. The molecule has 0 fully saturated rings. The number of hydrogen-bond donors (Lipinski definition) is 2. The van der Waals surface area contributed by atoms with E-state index < -0.39 is 0 Å². The van der Waals surface area contributed by atoms with Crippen LogP contribution in [-0.4, -0.2) is 46.0 Å². The molecule has 0 saturated heterocycles. The molecule has 1 aromatic heterocycles. The average molecular weight is 520 g/mol. The monoisotopic (exact) mass is 519 g/mol. The van der Waals surface area contributed by atoms with Crippen molar-refractivity contribution in [1.82, 2.24) is 15.1 Å². The second-order valence-electron chi connectivity index (χ2n) is 8.75. The number of nitrogens with zero attached hydrogens (tertiary/aromatic N) is 2. The quantitative estimate of drug-likeness (QED) is 0.282. The number of H-pyrrole nitrogens is 1. The Hall–Kier alpha value is -3.42. The minimum absolute atomic E-state index is 0.0758. The summed E-state index contributed by atoms with van der Waals surface area (Å²) in [5.74, 6) is 0.755. The molecule has 2 N–H and O–H groups in total. The highest BCUT2D eigenvalue weighted by Gasteiger charge is 2.42. The van der Waals surface area contributed by atoms with Gasteiger partial charge in [-0.15, -0.1) is 11.8 Å². The topological polar surface area (TPSA) is 78.5 Å². The van der Waals surface area contributed by atoms with Gasteiger partial charge < -0.3 is 14.7 Å². The molecule has 36 heavy (non-hydrogen) atoms. The highest BCUT2D eigenvalue weighted by molar-refractivity contribution is 7.98. The smallest absolute Gasteiger partial charge is 0.273 e. The van der Waals surface area contributed by atoms with E-state index in [4.69, 9.17) is 16.3 Å². The van der Waals surface area contributed by atoms with Crippen molar-refractivity contribution in [3.63, 3.8) is 0 Å². The van der Waals surface area contributed by atoms with E-state index in [-0.39, 0.29) is 17.7 Å². The van der Waals surface area contributed by atoms with Crippen molar-refractivity contribution in [2.45, 2.75) is 24.3 Å². The Morgan fingerprint density at radius 3 is 2.53 bits per heavy atom. The van der Waals surface area contributed by atoms with E-state index in [1.165, 1.54) is 0 Å². The number of aryl methyl sites for hydroxylation is 1. The van der Waals surface area contributed by atoms with Gasteiger partial charge in [0, 0.05) is 27.6 Å². The highest BCUT2D eigenvalue weighted by atomic mass is 35.5. The van der Waals surface area contributed by atoms with Gasteiger partial charge in [0.1, 0.15) is 22.9 Å². The number of aromatic nitrogens is 2. The number of rotatable bonds is 7. The minimum atomic E-state index is -0.352.